The monoisotopic (exact) mass is 450 g/mol. The first-order valence-electron chi connectivity index (χ1n) is 10.2. The van der Waals surface area contributed by atoms with Gasteiger partial charge in [0, 0.05) is 43.7 Å². The van der Waals surface area contributed by atoms with E-state index >= 15 is 0 Å². The van der Waals surface area contributed by atoms with E-state index in [1.165, 1.54) is 6.42 Å². The van der Waals surface area contributed by atoms with E-state index in [0.29, 0.717) is 24.9 Å². The molecule has 28 heavy (non-hydrogen) atoms. The van der Waals surface area contributed by atoms with Gasteiger partial charge in [-0.15, -0.1) is 0 Å². The highest BCUT2D eigenvalue weighted by molar-refractivity contribution is 9.10. The average molecular weight is 451 g/mol. The van der Waals surface area contributed by atoms with Crippen molar-refractivity contribution in [2.75, 3.05) is 57.7 Å². The van der Waals surface area contributed by atoms with Crippen LogP contribution >= 0.6 is 15.9 Å². The molecule has 2 saturated heterocycles. The van der Waals surface area contributed by atoms with Crippen molar-refractivity contribution in [3.63, 3.8) is 0 Å². The van der Waals surface area contributed by atoms with Crippen molar-refractivity contribution in [3.8, 4) is 0 Å². The number of para-hydroxylation sites is 1. The third kappa shape index (κ3) is 6.03. The molecule has 0 spiro atoms. The zero-order chi connectivity index (χ0) is 20.1. The highest BCUT2D eigenvalue weighted by Crippen LogP contribution is 2.22. The Morgan fingerprint density at radius 2 is 1.57 bits per heavy atom. The van der Waals surface area contributed by atoms with Gasteiger partial charge in [-0.1, -0.05) is 26.0 Å². The van der Waals surface area contributed by atoms with E-state index in [9.17, 15) is 9.59 Å². The SMILES string of the molecule is C[C@@H]1C[C@H](C)CN(C(=O)CN2CCN(CC(=O)Nc3ccccc3Br)CC2)C1. The van der Waals surface area contributed by atoms with Gasteiger partial charge < -0.3 is 10.2 Å². The summed E-state index contributed by atoms with van der Waals surface area (Å²) >= 11 is 3.45. The van der Waals surface area contributed by atoms with E-state index < -0.39 is 0 Å². The maximum atomic E-state index is 12.7. The lowest BCUT2D eigenvalue weighted by Gasteiger charge is -2.38. The number of hydrogen-bond donors (Lipinski definition) is 1. The summed E-state index contributed by atoms with van der Waals surface area (Å²) in [6.45, 7) is 10.4. The second-order valence-electron chi connectivity index (χ2n) is 8.33. The molecule has 154 valence electrons. The predicted octanol–water partition coefficient (Wildman–Crippen LogP) is 2.51. The van der Waals surface area contributed by atoms with Gasteiger partial charge in [-0.25, -0.2) is 0 Å². The molecule has 2 heterocycles. The van der Waals surface area contributed by atoms with Crippen molar-refractivity contribution in [2.24, 2.45) is 11.8 Å². The third-order valence-corrected chi connectivity index (χ3v) is 6.25. The molecule has 0 aromatic heterocycles. The highest BCUT2D eigenvalue weighted by atomic mass is 79.9. The molecule has 0 saturated carbocycles. The maximum Gasteiger partial charge on any atom is 0.238 e. The number of piperidine rings is 1. The van der Waals surface area contributed by atoms with E-state index in [1.807, 2.05) is 29.2 Å². The lowest BCUT2D eigenvalue weighted by molar-refractivity contribution is -0.135. The van der Waals surface area contributed by atoms with Crippen LogP contribution in [0.15, 0.2) is 28.7 Å². The van der Waals surface area contributed by atoms with Crippen LogP contribution in [0.1, 0.15) is 20.3 Å². The van der Waals surface area contributed by atoms with E-state index in [4.69, 9.17) is 0 Å². The summed E-state index contributed by atoms with van der Waals surface area (Å²) in [5, 5.41) is 2.95. The zero-order valence-corrected chi connectivity index (χ0v) is 18.5. The third-order valence-electron chi connectivity index (χ3n) is 5.56. The Balaban J connectivity index is 1.40. The quantitative estimate of drug-likeness (QED) is 0.748. The first kappa shape index (κ1) is 21.3. The van der Waals surface area contributed by atoms with Gasteiger partial charge in [-0.2, -0.15) is 0 Å². The fraction of sp³-hybridized carbons (Fsp3) is 0.619. The fourth-order valence-corrected chi connectivity index (χ4v) is 4.60. The van der Waals surface area contributed by atoms with Crippen LogP contribution in [0.5, 0.6) is 0 Å². The Labute approximate surface area is 176 Å². The minimum absolute atomic E-state index is 0.00674. The van der Waals surface area contributed by atoms with Crippen molar-refractivity contribution in [3.05, 3.63) is 28.7 Å². The predicted molar refractivity (Wildman–Crippen MR) is 115 cm³/mol. The lowest BCUT2D eigenvalue weighted by atomic mass is 9.92. The second-order valence-corrected chi connectivity index (χ2v) is 9.18. The summed E-state index contributed by atoms with van der Waals surface area (Å²) in [6.07, 6.45) is 1.21. The van der Waals surface area contributed by atoms with Gasteiger partial charge in [0.2, 0.25) is 11.8 Å². The van der Waals surface area contributed by atoms with Crippen molar-refractivity contribution in [1.29, 1.82) is 0 Å². The van der Waals surface area contributed by atoms with E-state index in [-0.39, 0.29) is 11.8 Å². The summed E-state index contributed by atoms with van der Waals surface area (Å²) in [5.41, 5.74) is 0.793. The molecule has 0 bridgehead atoms. The number of amides is 2. The Hall–Kier alpha value is -1.44. The Morgan fingerprint density at radius 1 is 1.00 bits per heavy atom. The number of carbonyl (C=O) groups is 2. The van der Waals surface area contributed by atoms with E-state index in [2.05, 4.69) is 44.9 Å². The van der Waals surface area contributed by atoms with Crippen molar-refractivity contribution >= 4 is 33.4 Å². The second kappa shape index (κ2) is 9.85. The van der Waals surface area contributed by atoms with Crippen LogP contribution in [0.4, 0.5) is 5.69 Å². The van der Waals surface area contributed by atoms with Crippen molar-refractivity contribution < 1.29 is 9.59 Å². The van der Waals surface area contributed by atoms with Crippen molar-refractivity contribution in [2.45, 2.75) is 20.3 Å². The van der Waals surface area contributed by atoms with Crippen molar-refractivity contribution in [1.82, 2.24) is 14.7 Å². The van der Waals surface area contributed by atoms with Gasteiger partial charge in [0.15, 0.2) is 0 Å². The first-order valence-corrected chi connectivity index (χ1v) is 11.0. The number of benzene rings is 1. The molecule has 2 amide bonds. The molecule has 0 radical (unpaired) electrons. The van der Waals surface area contributed by atoms with Crippen LogP contribution in [0, 0.1) is 11.8 Å². The summed E-state index contributed by atoms with van der Waals surface area (Å²) in [4.78, 5) is 31.4. The standard InChI is InChI=1S/C21H31BrN4O2/c1-16-11-17(2)13-26(12-16)21(28)15-25-9-7-24(8-10-25)14-20(27)23-19-6-4-3-5-18(19)22/h3-6,16-17H,7-15H2,1-2H3,(H,23,27)/t16-,17+. The molecule has 7 heteroatoms. The number of nitrogens with one attached hydrogen (secondary N) is 1. The number of rotatable bonds is 5. The number of carbonyl (C=O) groups excluding carboxylic acids is 2. The number of halogens is 1. The molecule has 1 aromatic carbocycles. The Morgan fingerprint density at radius 3 is 2.18 bits per heavy atom. The van der Waals surface area contributed by atoms with Crippen LogP contribution in [0.3, 0.4) is 0 Å². The topological polar surface area (TPSA) is 55.9 Å². The van der Waals surface area contributed by atoms with Gasteiger partial charge in [-0.3, -0.25) is 19.4 Å². The Kier molecular flexibility index (Phi) is 7.48. The largest absolute Gasteiger partial charge is 0.341 e. The number of hydrogen-bond acceptors (Lipinski definition) is 4. The number of anilines is 1. The van der Waals surface area contributed by atoms with Crippen LogP contribution in [0.2, 0.25) is 0 Å². The molecule has 0 unspecified atom stereocenters. The number of piperazine rings is 1. The molecule has 2 atom stereocenters. The number of likely N-dealkylation sites (tertiary alicyclic amines) is 1. The summed E-state index contributed by atoms with van der Waals surface area (Å²) in [6, 6.07) is 7.62. The van der Waals surface area contributed by atoms with Crippen LogP contribution in [-0.2, 0) is 9.59 Å². The highest BCUT2D eigenvalue weighted by Gasteiger charge is 2.27. The van der Waals surface area contributed by atoms with Gasteiger partial charge in [0.1, 0.15) is 0 Å². The zero-order valence-electron chi connectivity index (χ0n) is 16.9. The van der Waals surface area contributed by atoms with Gasteiger partial charge in [-0.05, 0) is 46.3 Å². The van der Waals surface area contributed by atoms with Gasteiger partial charge in [0.25, 0.3) is 0 Å². The Bertz CT molecular complexity index is 681. The molecular weight excluding hydrogens is 420 g/mol. The molecule has 2 aliphatic heterocycles. The normalized spacial score (nSPS) is 24.2. The molecular formula is C21H31BrN4O2. The molecule has 3 rings (SSSR count). The van der Waals surface area contributed by atoms with Crippen LogP contribution in [-0.4, -0.2) is 78.9 Å². The van der Waals surface area contributed by atoms with E-state index in [0.717, 1.165) is 49.4 Å². The van der Waals surface area contributed by atoms with E-state index in [1.54, 1.807) is 0 Å². The van der Waals surface area contributed by atoms with Crippen LogP contribution < -0.4 is 5.32 Å². The van der Waals surface area contributed by atoms with Crippen LogP contribution in [0.25, 0.3) is 0 Å². The fourth-order valence-electron chi connectivity index (χ4n) is 4.22. The molecule has 2 aliphatic rings. The maximum absolute atomic E-state index is 12.7. The summed E-state index contributed by atoms with van der Waals surface area (Å²) in [7, 11) is 0. The minimum atomic E-state index is -0.00674. The average Bonchev–Trinajstić information content (AvgIpc) is 2.64. The first-order chi connectivity index (χ1) is 13.4. The molecule has 2 fully saturated rings. The molecule has 1 N–H and O–H groups in total. The minimum Gasteiger partial charge on any atom is -0.341 e. The summed E-state index contributed by atoms with van der Waals surface area (Å²) < 4.78 is 0.882. The molecule has 0 aliphatic carbocycles. The lowest BCUT2D eigenvalue weighted by Crippen LogP contribution is -2.52. The number of nitrogens with zero attached hydrogens (tertiary/aromatic N) is 3. The summed E-state index contributed by atoms with van der Waals surface area (Å²) in [5.74, 6) is 1.42. The van der Waals surface area contributed by atoms with Gasteiger partial charge in [0.05, 0.1) is 18.8 Å². The molecule has 1 aromatic rings. The smallest absolute Gasteiger partial charge is 0.238 e. The van der Waals surface area contributed by atoms with Gasteiger partial charge >= 0.3 is 0 Å². The molecule has 6 nitrogen and oxygen atoms in total.